The number of aryl methyl sites for hydroxylation is 1. The normalized spacial score (nSPS) is 10.5. The van der Waals surface area contributed by atoms with E-state index in [2.05, 4.69) is 10.3 Å². The molecule has 0 atom stereocenters. The third-order valence-electron chi connectivity index (χ3n) is 4.40. The molecule has 8 heteroatoms. The molecule has 0 fully saturated rings. The van der Waals surface area contributed by atoms with Gasteiger partial charge in [0, 0.05) is 29.7 Å². The van der Waals surface area contributed by atoms with E-state index in [1.165, 1.54) is 18.3 Å². The Hall–Kier alpha value is -3.81. The van der Waals surface area contributed by atoms with Crippen LogP contribution in [0.4, 0.5) is 10.1 Å². The lowest BCUT2D eigenvalue weighted by molar-refractivity contribution is -0.142. The number of esters is 1. The second-order valence-electron chi connectivity index (χ2n) is 6.69. The molecule has 7 nitrogen and oxygen atoms in total. The Kier molecular flexibility index (Phi) is 7.26. The zero-order valence-corrected chi connectivity index (χ0v) is 16.9. The fourth-order valence-electron chi connectivity index (χ4n) is 2.67. The predicted molar refractivity (Wildman–Crippen MR) is 111 cm³/mol. The molecule has 0 aliphatic carbocycles. The van der Waals surface area contributed by atoms with Crippen LogP contribution in [0.15, 0.2) is 59.1 Å². The third kappa shape index (κ3) is 6.33. The molecule has 1 heterocycles. The van der Waals surface area contributed by atoms with Gasteiger partial charge in [-0.15, -0.1) is 0 Å². The molecule has 1 N–H and O–H groups in total. The van der Waals surface area contributed by atoms with Gasteiger partial charge in [-0.2, -0.15) is 0 Å². The summed E-state index contributed by atoms with van der Waals surface area (Å²) in [5.41, 5.74) is 1.64. The number of ketones is 1. The molecule has 0 aliphatic rings. The van der Waals surface area contributed by atoms with Crippen LogP contribution in [0.5, 0.6) is 0 Å². The lowest BCUT2D eigenvalue weighted by Crippen LogP contribution is -2.15. The molecule has 0 unspecified atom stereocenters. The number of anilines is 1. The molecule has 0 saturated carbocycles. The van der Waals surface area contributed by atoms with Crippen molar-refractivity contribution in [2.24, 2.45) is 0 Å². The molecule has 0 saturated heterocycles. The largest absolute Gasteiger partial charge is 0.457 e. The molecule has 2 aromatic carbocycles. The first-order valence-electron chi connectivity index (χ1n) is 9.74. The van der Waals surface area contributed by atoms with Crippen LogP contribution in [0.25, 0.3) is 11.3 Å². The summed E-state index contributed by atoms with van der Waals surface area (Å²) in [6, 6.07) is 12.1. The van der Waals surface area contributed by atoms with Crippen molar-refractivity contribution in [3.05, 3.63) is 72.0 Å². The summed E-state index contributed by atoms with van der Waals surface area (Å²) < 4.78 is 23.6. The number of carbonyl (C=O) groups is 3. The van der Waals surface area contributed by atoms with Gasteiger partial charge in [-0.25, -0.2) is 9.37 Å². The summed E-state index contributed by atoms with van der Waals surface area (Å²) in [7, 11) is 0. The van der Waals surface area contributed by atoms with E-state index in [1.54, 1.807) is 43.3 Å². The molecule has 1 aromatic heterocycles. The third-order valence-corrected chi connectivity index (χ3v) is 4.40. The minimum absolute atomic E-state index is 0.00135. The van der Waals surface area contributed by atoms with Crippen LogP contribution in [0.3, 0.4) is 0 Å². The van der Waals surface area contributed by atoms with Gasteiger partial charge < -0.3 is 14.5 Å². The molecule has 0 radical (unpaired) electrons. The molecule has 3 aromatic rings. The first kappa shape index (κ1) is 21.9. The van der Waals surface area contributed by atoms with Crippen molar-refractivity contribution in [1.82, 2.24) is 4.98 Å². The average Bonchev–Trinajstić information content (AvgIpc) is 3.26. The van der Waals surface area contributed by atoms with Crippen molar-refractivity contribution in [2.45, 2.75) is 26.2 Å². The first-order chi connectivity index (χ1) is 14.9. The maximum absolute atomic E-state index is 13.0. The van der Waals surface area contributed by atoms with Gasteiger partial charge in [0.1, 0.15) is 5.82 Å². The van der Waals surface area contributed by atoms with Gasteiger partial charge in [0.15, 0.2) is 24.0 Å². The fourth-order valence-corrected chi connectivity index (χ4v) is 2.67. The van der Waals surface area contributed by atoms with Gasteiger partial charge in [-0.1, -0.05) is 6.92 Å². The molecule has 0 spiro atoms. The summed E-state index contributed by atoms with van der Waals surface area (Å²) in [6.45, 7) is 1.36. The molecule has 160 valence electrons. The number of carbonyl (C=O) groups excluding carboxylic acids is 3. The highest BCUT2D eigenvalue weighted by molar-refractivity contribution is 5.98. The van der Waals surface area contributed by atoms with Gasteiger partial charge >= 0.3 is 5.97 Å². The van der Waals surface area contributed by atoms with E-state index >= 15 is 0 Å². The number of amides is 1. The van der Waals surface area contributed by atoms with Crippen molar-refractivity contribution in [1.29, 1.82) is 0 Å². The van der Waals surface area contributed by atoms with E-state index in [-0.39, 0.29) is 37.0 Å². The van der Waals surface area contributed by atoms with Crippen LogP contribution >= 0.6 is 0 Å². The van der Waals surface area contributed by atoms with Crippen LogP contribution < -0.4 is 5.32 Å². The van der Waals surface area contributed by atoms with Gasteiger partial charge in [0.2, 0.25) is 5.91 Å². The van der Waals surface area contributed by atoms with Gasteiger partial charge in [0.25, 0.3) is 0 Å². The minimum Gasteiger partial charge on any atom is -0.457 e. The number of Topliss-reactive ketones (excluding diaryl/α,β-unsaturated/α-hetero) is 1. The second-order valence-corrected chi connectivity index (χ2v) is 6.69. The van der Waals surface area contributed by atoms with E-state index < -0.39 is 5.97 Å². The van der Waals surface area contributed by atoms with Gasteiger partial charge in [-0.05, 0) is 48.5 Å². The number of nitrogens with one attached hydrogen (secondary N) is 1. The zero-order valence-electron chi connectivity index (χ0n) is 16.9. The molecule has 0 bridgehead atoms. The van der Waals surface area contributed by atoms with E-state index in [1.807, 2.05) is 0 Å². The number of halogens is 1. The van der Waals surface area contributed by atoms with Crippen LogP contribution in [0.1, 0.15) is 36.0 Å². The Balaban J connectivity index is 1.44. The first-order valence-corrected chi connectivity index (χ1v) is 9.74. The van der Waals surface area contributed by atoms with Crippen molar-refractivity contribution in [3.63, 3.8) is 0 Å². The fraction of sp³-hybridized carbons (Fsp3) is 0.217. The van der Waals surface area contributed by atoms with Crippen LogP contribution in [0.2, 0.25) is 0 Å². The number of rotatable bonds is 9. The maximum Gasteiger partial charge on any atom is 0.306 e. The lowest BCUT2D eigenvalue weighted by Gasteiger charge is -2.06. The van der Waals surface area contributed by atoms with E-state index in [0.29, 0.717) is 34.9 Å². The lowest BCUT2D eigenvalue weighted by atomic mass is 10.1. The monoisotopic (exact) mass is 424 g/mol. The number of hydrogen-bond acceptors (Lipinski definition) is 6. The number of hydrogen-bond donors (Lipinski definition) is 1. The second kappa shape index (κ2) is 10.3. The van der Waals surface area contributed by atoms with Crippen molar-refractivity contribution >= 4 is 23.3 Å². The van der Waals surface area contributed by atoms with Crippen LogP contribution in [0, 0.1) is 5.82 Å². The van der Waals surface area contributed by atoms with Crippen molar-refractivity contribution in [3.8, 4) is 11.3 Å². The molecule has 3 rings (SSSR count). The number of benzene rings is 2. The molecule has 0 aliphatic heterocycles. The quantitative estimate of drug-likeness (QED) is 0.409. The molecule has 31 heavy (non-hydrogen) atoms. The summed E-state index contributed by atoms with van der Waals surface area (Å²) >= 11 is 0. The summed E-state index contributed by atoms with van der Waals surface area (Å²) in [5.74, 6) is -0.564. The topological polar surface area (TPSA) is 98.5 Å². The summed E-state index contributed by atoms with van der Waals surface area (Å²) in [5, 5.41) is 2.69. The Morgan fingerprint density at radius 2 is 1.77 bits per heavy atom. The number of nitrogens with zero attached hydrogens (tertiary/aromatic N) is 1. The Labute approximate surface area is 178 Å². The number of oxazole rings is 1. The highest BCUT2D eigenvalue weighted by Gasteiger charge is 2.13. The van der Waals surface area contributed by atoms with Crippen LogP contribution in [-0.4, -0.2) is 29.3 Å². The molecule has 1 amide bonds. The smallest absolute Gasteiger partial charge is 0.306 e. The minimum atomic E-state index is -0.554. The van der Waals surface area contributed by atoms with E-state index in [4.69, 9.17) is 9.15 Å². The standard InChI is InChI=1S/C23H21FN2O5/c1-2-21(28)26-18-9-5-15(6-10-18)19(27)14-30-23(29)12-11-22-25-13-20(31-22)16-3-7-17(24)8-4-16/h3-10,13H,2,11-12,14H2,1H3,(H,26,28). The molecular formula is C23H21FN2O5. The van der Waals surface area contributed by atoms with Crippen molar-refractivity contribution in [2.75, 3.05) is 11.9 Å². The Bertz CT molecular complexity index is 1060. The van der Waals surface area contributed by atoms with Gasteiger partial charge in [-0.3, -0.25) is 14.4 Å². The van der Waals surface area contributed by atoms with E-state index in [9.17, 15) is 18.8 Å². The SMILES string of the molecule is CCC(=O)Nc1ccc(C(=O)COC(=O)CCc2ncc(-c3ccc(F)cc3)o2)cc1. The highest BCUT2D eigenvalue weighted by atomic mass is 19.1. The summed E-state index contributed by atoms with van der Waals surface area (Å²) in [4.78, 5) is 39.6. The summed E-state index contributed by atoms with van der Waals surface area (Å²) in [6.07, 6.45) is 2.07. The van der Waals surface area contributed by atoms with Crippen molar-refractivity contribution < 1.29 is 27.9 Å². The highest BCUT2D eigenvalue weighted by Crippen LogP contribution is 2.21. The maximum atomic E-state index is 13.0. The Morgan fingerprint density at radius 1 is 1.06 bits per heavy atom. The number of ether oxygens (including phenoxy) is 1. The molecular weight excluding hydrogens is 403 g/mol. The number of aromatic nitrogens is 1. The average molecular weight is 424 g/mol. The van der Waals surface area contributed by atoms with E-state index in [0.717, 1.165) is 0 Å². The van der Waals surface area contributed by atoms with Crippen LogP contribution in [-0.2, 0) is 20.7 Å². The predicted octanol–water partition coefficient (Wildman–Crippen LogP) is 4.19. The Morgan fingerprint density at radius 3 is 2.45 bits per heavy atom. The zero-order chi connectivity index (χ0) is 22.2. The van der Waals surface area contributed by atoms with Gasteiger partial charge in [0.05, 0.1) is 12.6 Å².